The van der Waals surface area contributed by atoms with E-state index in [2.05, 4.69) is 5.32 Å². The van der Waals surface area contributed by atoms with Gasteiger partial charge in [0.25, 0.3) is 0 Å². The van der Waals surface area contributed by atoms with Crippen LogP contribution in [0.3, 0.4) is 0 Å². The Morgan fingerprint density at radius 3 is 2.50 bits per heavy atom. The fourth-order valence-electron chi connectivity index (χ4n) is 1.99. The first-order chi connectivity index (χ1) is 7.37. The van der Waals surface area contributed by atoms with Crippen LogP contribution in [-0.4, -0.2) is 35.9 Å². The molecule has 0 atom stereocenters. The highest BCUT2D eigenvalue weighted by Crippen LogP contribution is 2.28. The first kappa shape index (κ1) is 13.5. The normalized spacial score (nSPS) is 19.8. The Bertz CT molecular complexity index is 245. The SMILES string of the molecule is COC(C)(C)CC(=O)NCC1(O)CCCC1. The van der Waals surface area contributed by atoms with Crippen LogP contribution in [0, 0.1) is 0 Å². The first-order valence-corrected chi connectivity index (χ1v) is 5.91. The lowest BCUT2D eigenvalue weighted by molar-refractivity contribution is -0.127. The van der Waals surface area contributed by atoms with Crippen LogP contribution in [-0.2, 0) is 9.53 Å². The molecule has 1 saturated carbocycles. The van der Waals surface area contributed by atoms with Gasteiger partial charge < -0.3 is 15.2 Å². The maximum atomic E-state index is 11.6. The summed E-state index contributed by atoms with van der Waals surface area (Å²) in [6.07, 6.45) is 4.01. The average molecular weight is 229 g/mol. The minimum absolute atomic E-state index is 0.0628. The molecule has 1 amide bonds. The van der Waals surface area contributed by atoms with Crippen molar-refractivity contribution in [2.45, 2.75) is 57.2 Å². The van der Waals surface area contributed by atoms with Crippen LogP contribution in [0.2, 0.25) is 0 Å². The van der Waals surface area contributed by atoms with Crippen LogP contribution in [0.15, 0.2) is 0 Å². The number of carbonyl (C=O) groups excluding carboxylic acids is 1. The van der Waals surface area contributed by atoms with Gasteiger partial charge in [0, 0.05) is 13.7 Å². The van der Waals surface area contributed by atoms with Gasteiger partial charge >= 0.3 is 0 Å². The van der Waals surface area contributed by atoms with Gasteiger partial charge in [0.1, 0.15) is 0 Å². The van der Waals surface area contributed by atoms with Gasteiger partial charge in [-0.15, -0.1) is 0 Å². The van der Waals surface area contributed by atoms with Crippen molar-refractivity contribution in [3.63, 3.8) is 0 Å². The minimum atomic E-state index is -0.674. The number of nitrogens with one attached hydrogen (secondary N) is 1. The second-order valence-electron chi connectivity index (χ2n) is 5.35. The van der Waals surface area contributed by atoms with Crippen molar-refractivity contribution < 1.29 is 14.6 Å². The molecule has 0 bridgehead atoms. The van der Waals surface area contributed by atoms with Gasteiger partial charge in [-0.3, -0.25) is 4.79 Å². The smallest absolute Gasteiger partial charge is 0.222 e. The molecule has 4 nitrogen and oxygen atoms in total. The van der Waals surface area contributed by atoms with Gasteiger partial charge in [0.2, 0.25) is 5.91 Å². The van der Waals surface area contributed by atoms with E-state index in [0.29, 0.717) is 13.0 Å². The maximum absolute atomic E-state index is 11.6. The van der Waals surface area contributed by atoms with Gasteiger partial charge in [-0.25, -0.2) is 0 Å². The van der Waals surface area contributed by atoms with Crippen LogP contribution >= 0.6 is 0 Å². The lowest BCUT2D eigenvalue weighted by Gasteiger charge is -2.25. The fraction of sp³-hybridized carbons (Fsp3) is 0.917. The number of amides is 1. The summed E-state index contributed by atoms with van der Waals surface area (Å²) in [6, 6.07) is 0. The molecule has 16 heavy (non-hydrogen) atoms. The van der Waals surface area contributed by atoms with E-state index in [4.69, 9.17) is 4.74 Å². The lowest BCUT2D eigenvalue weighted by Crippen LogP contribution is -2.43. The molecule has 0 heterocycles. The predicted molar refractivity (Wildman–Crippen MR) is 62.1 cm³/mol. The Morgan fingerprint density at radius 1 is 1.44 bits per heavy atom. The third-order valence-corrected chi connectivity index (χ3v) is 3.29. The Balaban J connectivity index is 2.30. The number of aliphatic hydroxyl groups is 1. The molecule has 1 aliphatic carbocycles. The molecule has 0 spiro atoms. The van der Waals surface area contributed by atoms with Crippen LogP contribution in [0.4, 0.5) is 0 Å². The van der Waals surface area contributed by atoms with E-state index in [0.717, 1.165) is 25.7 Å². The van der Waals surface area contributed by atoms with Crippen molar-refractivity contribution in [2.75, 3.05) is 13.7 Å². The number of rotatable bonds is 5. The molecule has 1 rings (SSSR count). The average Bonchev–Trinajstić information content (AvgIpc) is 2.63. The summed E-state index contributed by atoms with van der Waals surface area (Å²) in [7, 11) is 1.60. The zero-order chi connectivity index (χ0) is 12.2. The Hall–Kier alpha value is -0.610. The molecule has 1 fully saturated rings. The van der Waals surface area contributed by atoms with Gasteiger partial charge in [-0.05, 0) is 26.7 Å². The number of ether oxygens (including phenoxy) is 1. The van der Waals surface area contributed by atoms with E-state index in [9.17, 15) is 9.90 Å². The quantitative estimate of drug-likeness (QED) is 0.745. The van der Waals surface area contributed by atoms with Crippen molar-refractivity contribution in [2.24, 2.45) is 0 Å². The molecule has 2 N–H and O–H groups in total. The lowest BCUT2D eigenvalue weighted by atomic mass is 10.0. The topological polar surface area (TPSA) is 58.6 Å². The van der Waals surface area contributed by atoms with Gasteiger partial charge in [0.05, 0.1) is 17.6 Å². The summed E-state index contributed by atoms with van der Waals surface area (Å²) in [6.45, 7) is 4.11. The first-order valence-electron chi connectivity index (χ1n) is 5.91. The van der Waals surface area contributed by atoms with Crippen molar-refractivity contribution in [1.29, 1.82) is 0 Å². The Labute approximate surface area is 97.4 Å². The van der Waals surface area contributed by atoms with E-state index in [1.165, 1.54) is 0 Å². The van der Waals surface area contributed by atoms with E-state index < -0.39 is 11.2 Å². The van der Waals surface area contributed by atoms with Gasteiger partial charge in [-0.2, -0.15) is 0 Å². The molecule has 0 unspecified atom stereocenters. The maximum Gasteiger partial charge on any atom is 0.222 e. The second-order valence-corrected chi connectivity index (χ2v) is 5.35. The predicted octanol–water partition coefficient (Wildman–Crippen LogP) is 1.22. The summed E-state index contributed by atoms with van der Waals surface area (Å²) in [5.41, 5.74) is -1.12. The third kappa shape index (κ3) is 4.10. The van der Waals surface area contributed by atoms with Gasteiger partial charge in [0.15, 0.2) is 0 Å². The minimum Gasteiger partial charge on any atom is -0.388 e. The fourth-order valence-corrected chi connectivity index (χ4v) is 1.99. The molecule has 0 aromatic heterocycles. The Morgan fingerprint density at radius 2 is 2.00 bits per heavy atom. The summed E-state index contributed by atoms with van der Waals surface area (Å²) in [4.78, 5) is 11.6. The molecule has 94 valence electrons. The van der Waals surface area contributed by atoms with E-state index in [1.807, 2.05) is 13.8 Å². The van der Waals surface area contributed by atoms with E-state index >= 15 is 0 Å². The van der Waals surface area contributed by atoms with Crippen LogP contribution in [0.1, 0.15) is 46.0 Å². The zero-order valence-electron chi connectivity index (χ0n) is 10.5. The second kappa shape index (κ2) is 5.15. The van der Waals surface area contributed by atoms with Gasteiger partial charge in [-0.1, -0.05) is 12.8 Å². The summed E-state index contributed by atoms with van der Waals surface area (Å²) >= 11 is 0. The standard InChI is InChI=1S/C12H23NO3/c1-11(2,16-3)8-10(14)13-9-12(15)6-4-5-7-12/h15H,4-9H2,1-3H3,(H,13,14). The molecule has 4 heteroatoms. The molecule has 0 aliphatic heterocycles. The van der Waals surface area contributed by atoms with E-state index in [-0.39, 0.29) is 5.91 Å². The number of hydrogen-bond donors (Lipinski definition) is 2. The highest BCUT2D eigenvalue weighted by Gasteiger charge is 2.31. The monoisotopic (exact) mass is 229 g/mol. The molecular weight excluding hydrogens is 206 g/mol. The van der Waals surface area contributed by atoms with Crippen molar-refractivity contribution in [1.82, 2.24) is 5.32 Å². The number of methoxy groups -OCH3 is 1. The van der Waals surface area contributed by atoms with Crippen molar-refractivity contribution >= 4 is 5.91 Å². The molecule has 0 aromatic rings. The third-order valence-electron chi connectivity index (χ3n) is 3.29. The summed E-state index contributed by atoms with van der Waals surface area (Å²) in [5.74, 6) is -0.0628. The van der Waals surface area contributed by atoms with Crippen LogP contribution in [0.25, 0.3) is 0 Å². The molecular formula is C12H23NO3. The van der Waals surface area contributed by atoms with Crippen molar-refractivity contribution in [3.8, 4) is 0 Å². The van der Waals surface area contributed by atoms with E-state index in [1.54, 1.807) is 7.11 Å². The zero-order valence-corrected chi connectivity index (χ0v) is 10.5. The Kier molecular flexibility index (Phi) is 4.33. The summed E-state index contributed by atoms with van der Waals surface area (Å²) in [5, 5.41) is 12.8. The molecule has 1 aliphatic rings. The molecule has 0 aromatic carbocycles. The van der Waals surface area contributed by atoms with Crippen LogP contribution in [0.5, 0.6) is 0 Å². The summed E-state index contributed by atoms with van der Waals surface area (Å²) < 4.78 is 5.18. The van der Waals surface area contributed by atoms with Crippen LogP contribution < -0.4 is 5.32 Å². The highest BCUT2D eigenvalue weighted by atomic mass is 16.5. The number of hydrogen-bond acceptors (Lipinski definition) is 3. The number of carbonyl (C=O) groups is 1. The molecule has 0 saturated heterocycles. The van der Waals surface area contributed by atoms with Crippen molar-refractivity contribution in [3.05, 3.63) is 0 Å². The highest BCUT2D eigenvalue weighted by molar-refractivity contribution is 5.77. The largest absolute Gasteiger partial charge is 0.388 e. The molecule has 0 radical (unpaired) electrons.